The van der Waals surface area contributed by atoms with E-state index in [1.165, 1.54) is 44.0 Å². The van der Waals surface area contributed by atoms with Crippen molar-refractivity contribution in [2.75, 3.05) is 0 Å². The topological polar surface area (TPSA) is 56.6 Å². The number of amidine groups is 1. The number of aromatic nitrogens is 1. The van der Waals surface area contributed by atoms with Crippen LogP contribution in [-0.2, 0) is 0 Å². The molecule has 5 heteroatoms. The molecular formula is C45H37N4O-. The van der Waals surface area contributed by atoms with Gasteiger partial charge < -0.3 is 19.6 Å². The molecule has 1 aliphatic heterocycles. The number of fused-ring (bicyclic) bond motifs is 6. The molecule has 3 aliphatic carbocycles. The molecule has 0 fully saturated rings. The van der Waals surface area contributed by atoms with Gasteiger partial charge in [-0.05, 0) is 85.3 Å². The molecule has 0 saturated heterocycles. The molecule has 50 heavy (non-hydrogen) atoms. The van der Waals surface area contributed by atoms with Gasteiger partial charge in [-0.2, -0.15) is 0 Å². The molecule has 0 bridgehead atoms. The summed E-state index contributed by atoms with van der Waals surface area (Å²) >= 11 is 0. The third kappa shape index (κ3) is 4.92. The molecule has 4 atom stereocenters. The van der Waals surface area contributed by atoms with Crippen molar-refractivity contribution in [1.29, 1.82) is 0 Å². The van der Waals surface area contributed by atoms with Crippen LogP contribution in [0.15, 0.2) is 161 Å². The van der Waals surface area contributed by atoms with E-state index in [-0.39, 0.29) is 18.2 Å². The van der Waals surface area contributed by atoms with Crippen molar-refractivity contribution in [3.8, 4) is 0 Å². The maximum absolute atomic E-state index is 6.54. The summed E-state index contributed by atoms with van der Waals surface area (Å²) in [6.45, 7) is 0. The predicted octanol–water partition coefficient (Wildman–Crippen LogP) is 11.1. The van der Waals surface area contributed by atoms with Crippen molar-refractivity contribution in [3.05, 3.63) is 168 Å². The zero-order chi connectivity index (χ0) is 33.0. The standard InChI is InChI=1S/C45H37N4O/c1-3-13-29(14-4-1)34-21-12-24-40-42(34)37-26-25-32(28-41(37)50-40)45-47-43(30-15-5-2-6-16-30)46-44(48-45)31-17-11-18-33(27-31)49-38-22-9-7-19-35(38)36-20-8-10-23-39(36)49/h1,3-5,7-13,15-26,28-29,31,43-44H,2,6,14,27H2,(H,47,48)/q-1. The van der Waals surface area contributed by atoms with E-state index in [1.807, 2.05) is 0 Å². The summed E-state index contributed by atoms with van der Waals surface area (Å²) in [5.41, 5.74) is 9.05. The highest BCUT2D eigenvalue weighted by atomic mass is 16.3. The van der Waals surface area contributed by atoms with Crippen molar-refractivity contribution >= 4 is 55.3 Å². The van der Waals surface area contributed by atoms with E-state index >= 15 is 0 Å². The van der Waals surface area contributed by atoms with Crippen LogP contribution in [0.1, 0.15) is 42.7 Å². The van der Waals surface area contributed by atoms with Crippen LogP contribution in [0.4, 0.5) is 0 Å². The van der Waals surface area contributed by atoms with Gasteiger partial charge in [0, 0.05) is 38.7 Å². The van der Waals surface area contributed by atoms with Crippen LogP contribution in [0.3, 0.4) is 0 Å². The molecule has 244 valence electrons. The van der Waals surface area contributed by atoms with Crippen LogP contribution in [-0.4, -0.2) is 22.7 Å². The van der Waals surface area contributed by atoms with Gasteiger partial charge >= 0.3 is 0 Å². The second kappa shape index (κ2) is 12.0. The molecular weight excluding hydrogens is 613 g/mol. The Bertz CT molecular complexity index is 2480. The Balaban J connectivity index is 1.01. The van der Waals surface area contributed by atoms with E-state index in [0.717, 1.165) is 53.6 Å². The summed E-state index contributed by atoms with van der Waals surface area (Å²) in [4.78, 5) is 5.24. The van der Waals surface area contributed by atoms with Gasteiger partial charge in [-0.3, -0.25) is 4.99 Å². The average Bonchev–Trinajstić information content (AvgIpc) is 3.74. The highest BCUT2D eigenvalue weighted by Gasteiger charge is 2.26. The lowest BCUT2D eigenvalue weighted by molar-refractivity contribution is 0.487. The number of hydrogen-bond acceptors (Lipinski definition) is 3. The molecule has 6 aromatic rings. The summed E-state index contributed by atoms with van der Waals surface area (Å²) in [5.74, 6) is 1.35. The SMILES string of the molecule is C1=CCC(c2cccc3oc4cc(C5=NC(C6=CCCC=C6)[N-]C(C6C=CC=C(n7c8ccccc8c8ccccc87)C6)N5)ccc4c23)C=C1. The molecule has 2 aromatic heterocycles. The summed E-state index contributed by atoms with van der Waals surface area (Å²) in [6, 6.07) is 30.5. The molecule has 0 saturated carbocycles. The Kier molecular flexibility index (Phi) is 7.05. The monoisotopic (exact) mass is 649 g/mol. The zero-order valence-electron chi connectivity index (χ0n) is 27.7. The Morgan fingerprint density at radius 3 is 2.44 bits per heavy atom. The minimum atomic E-state index is -0.270. The number of aliphatic imine (C=N–C) groups is 1. The number of furan rings is 1. The van der Waals surface area contributed by atoms with Gasteiger partial charge in [-0.15, -0.1) is 0 Å². The Morgan fingerprint density at radius 2 is 1.64 bits per heavy atom. The molecule has 1 N–H and O–H groups in total. The maximum Gasteiger partial charge on any atom is 0.136 e. The maximum atomic E-state index is 6.54. The predicted molar refractivity (Wildman–Crippen MR) is 207 cm³/mol. The quantitative estimate of drug-likeness (QED) is 0.202. The smallest absolute Gasteiger partial charge is 0.136 e. The summed E-state index contributed by atoms with van der Waals surface area (Å²) in [7, 11) is 0. The van der Waals surface area contributed by atoms with Gasteiger partial charge in [0.05, 0.1) is 11.0 Å². The number of hydrogen-bond donors (Lipinski definition) is 1. The molecule has 4 aromatic carbocycles. The zero-order valence-corrected chi connectivity index (χ0v) is 27.7. The van der Waals surface area contributed by atoms with Crippen molar-refractivity contribution in [1.82, 2.24) is 9.88 Å². The van der Waals surface area contributed by atoms with Crippen LogP contribution in [0.2, 0.25) is 0 Å². The van der Waals surface area contributed by atoms with E-state index in [1.54, 1.807) is 0 Å². The highest BCUT2D eigenvalue weighted by molar-refractivity contribution is 6.11. The van der Waals surface area contributed by atoms with Crippen LogP contribution >= 0.6 is 0 Å². The normalized spacial score (nSPS) is 23.4. The lowest BCUT2D eigenvalue weighted by Crippen LogP contribution is -2.46. The summed E-state index contributed by atoms with van der Waals surface area (Å²) < 4.78 is 8.97. The molecule has 4 aliphatic rings. The highest BCUT2D eigenvalue weighted by Crippen LogP contribution is 2.40. The number of nitrogens with zero attached hydrogens (tertiary/aromatic N) is 3. The second-order valence-electron chi connectivity index (χ2n) is 13.7. The number of para-hydroxylation sites is 2. The van der Waals surface area contributed by atoms with Crippen LogP contribution in [0.25, 0.3) is 54.8 Å². The van der Waals surface area contributed by atoms with E-state index < -0.39 is 0 Å². The van der Waals surface area contributed by atoms with E-state index in [0.29, 0.717) is 5.92 Å². The molecule has 0 radical (unpaired) electrons. The Labute approximate surface area is 291 Å². The number of nitrogens with one attached hydrogen (secondary N) is 1. The fraction of sp³-hybridized carbons (Fsp3) is 0.178. The van der Waals surface area contributed by atoms with E-state index in [4.69, 9.17) is 14.7 Å². The third-order valence-corrected chi connectivity index (χ3v) is 10.7. The lowest BCUT2D eigenvalue weighted by Gasteiger charge is -2.48. The number of rotatable bonds is 5. The Morgan fingerprint density at radius 1 is 0.780 bits per heavy atom. The fourth-order valence-corrected chi connectivity index (χ4v) is 8.31. The van der Waals surface area contributed by atoms with Crippen molar-refractivity contribution < 1.29 is 4.42 Å². The van der Waals surface area contributed by atoms with Gasteiger partial charge in [0.1, 0.15) is 17.0 Å². The van der Waals surface area contributed by atoms with Crippen LogP contribution in [0, 0.1) is 5.92 Å². The molecule has 3 heterocycles. The second-order valence-corrected chi connectivity index (χ2v) is 13.7. The first-order valence-electron chi connectivity index (χ1n) is 17.8. The first-order valence-corrected chi connectivity index (χ1v) is 17.8. The van der Waals surface area contributed by atoms with Crippen LogP contribution < -0.4 is 5.32 Å². The minimum Gasteiger partial charge on any atom is -0.616 e. The van der Waals surface area contributed by atoms with E-state index in [9.17, 15) is 0 Å². The first kappa shape index (κ1) is 29.3. The molecule has 5 nitrogen and oxygen atoms in total. The van der Waals surface area contributed by atoms with Gasteiger partial charge in [0.15, 0.2) is 0 Å². The van der Waals surface area contributed by atoms with Gasteiger partial charge in [-0.1, -0.05) is 115 Å². The first-order chi connectivity index (χ1) is 24.8. The van der Waals surface area contributed by atoms with Crippen molar-refractivity contribution in [2.24, 2.45) is 10.9 Å². The van der Waals surface area contributed by atoms with Gasteiger partial charge in [0.25, 0.3) is 0 Å². The van der Waals surface area contributed by atoms with Crippen molar-refractivity contribution in [2.45, 2.75) is 43.9 Å². The van der Waals surface area contributed by atoms with Crippen LogP contribution in [0.5, 0.6) is 0 Å². The lowest BCUT2D eigenvalue weighted by atomic mass is 9.89. The number of allylic oxidation sites excluding steroid dienone is 9. The minimum absolute atomic E-state index is 0.145. The largest absolute Gasteiger partial charge is 0.616 e. The number of benzene rings is 4. The summed E-state index contributed by atoms with van der Waals surface area (Å²) in [6.07, 6.45) is 25.9. The molecule has 0 spiro atoms. The van der Waals surface area contributed by atoms with Gasteiger partial charge in [-0.25, -0.2) is 0 Å². The Hall–Kier alpha value is -5.65. The van der Waals surface area contributed by atoms with Crippen molar-refractivity contribution in [3.63, 3.8) is 0 Å². The average molecular weight is 650 g/mol. The molecule has 4 unspecified atom stereocenters. The molecule has 10 rings (SSSR count). The molecule has 0 amide bonds. The van der Waals surface area contributed by atoms with Gasteiger partial charge in [0.2, 0.25) is 0 Å². The van der Waals surface area contributed by atoms with E-state index in [2.05, 4.69) is 156 Å². The third-order valence-electron chi connectivity index (χ3n) is 10.7. The fourth-order valence-electron chi connectivity index (χ4n) is 8.31. The summed E-state index contributed by atoms with van der Waals surface area (Å²) in [5, 5.41) is 14.1.